The summed E-state index contributed by atoms with van der Waals surface area (Å²) in [6, 6.07) is 10.2. The Labute approximate surface area is 200 Å². The smallest absolute Gasteiger partial charge is 0.195 e. The second-order valence-corrected chi connectivity index (χ2v) is 10.2. The summed E-state index contributed by atoms with van der Waals surface area (Å²) in [6.45, 7) is 16.0. The SMILES string of the molecule is C=NCc1ccc2c3c([nH]c2c1)C(C)(C)c1cc(OC)c(SCCN(CC)CC)cc1C3=O. The summed E-state index contributed by atoms with van der Waals surface area (Å²) in [5.41, 5.74) is 5.21. The topological polar surface area (TPSA) is 57.7 Å². The molecule has 0 saturated heterocycles. The molecule has 2 aromatic carbocycles. The molecular weight excluding hydrogens is 430 g/mol. The van der Waals surface area contributed by atoms with Gasteiger partial charge in [0, 0.05) is 39.9 Å². The van der Waals surface area contributed by atoms with Gasteiger partial charge in [-0.2, -0.15) is 0 Å². The highest BCUT2D eigenvalue weighted by Gasteiger charge is 2.40. The molecule has 1 aliphatic carbocycles. The molecule has 4 rings (SSSR count). The van der Waals surface area contributed by atoms with Gasteiger partial charge in [0.15, 0.2) is 5.78 Å². The fraction of sp³-hybridized carbons (Fsp3) is 0.407. The Morgan fingerprint density at radius 2 is 1.94 bits per heavy atom. The number of aromatic amines is 1. The van der Waals surface area contributed by atoms with Crippen LogP contribution in [0.5, 0.6) is 5.75 Å². The monoisotopic (exact) mass is 463 g/mol. The van der Waals surface area contributed by atoms with E-state index in [9.17, 15) is 4.79 Å². The number of nitrogens with zero attached hydrogens (tertiary/aromatic N) is 2. The first-order chi connectivity index (χ1) is 15.8. The van der Waals surface area contributed by atoms with Gasteiger partial charge in [-0.15, -0.1) is 11.8 Å². The Kier molecular flexibility index (Phi) is 6.68. The number of hydrogen-bond acceptors (Lipinski definition) is 5. The fourth-order valence-corrected chi connectivity index (χ4v) is 5.86. The van der Waals surface area contributed by atoms with Crippen LogP contribution in [0.4, 0.5) is 0 Å². The minimum Gasteiger partial charge on any atom is -0.496 e. The predicted octanol–water partition coefficient (Wildman–Crippen LogP) is 5.68. The van der Waals surface area contributed by atoms with Gasteiger partial charge in [0.05, 0.1) is 24.1 Å². The van der Waals surface area contributed by atoms with Crippen molar-refractivity contribution in [2.75, 3.05) is 32.5 Å². The molecule has 174 valence electrons. The van der Waals surface area contributed by atoms with E-state index in [4.69, 9.17) is 4.74 Å². The Bertz CT molecular complexity index is 1210. The number of ketones is 1. The molecule has 3 aromatic rings. The first-order valence-electron chi connectivity index (χ1n) is 11.6. The van der Waals surface area contributed by atoms with Crippen LogP contribution in [0.2, 0.25) is 0 Å². The van der Waals surface area contributed by atoms with E-state index in [-0.39, 0.29) is 11.2 Å². The van der Waals surface area contributed by atoms with Crippen molar-refractivity contribution in [3.63, 3.8) is 0 Å². The van der Waals surface area contributed by atoms with E-state index < -0.39 is 0 Å². The average molecular weight is 464 g/mol. The second kappa shape index (κ2) is 9.35. The van der Waals surface area contributed by atoms with E-state index >= 15 is 0 Å². The lowest BCUT2D eigenvalue weighted by Gasteiger charge is -2.33. The lowest BCUT2D eigenvalue weighted by atomic mass is 9.71. The van der Waals surface area contributed by atoms with E-state index in [1.165, 1.54) is 0 Å². The molecule has 0 amide bonds. The van der Waals surface area contributed by atoms with Crippen LogP contribution in [-0.4, -0.2) is 54.9 Å². The molecule has 0 aliphatic heterocycles. The van der Waals surface area contributed by atoms with Crippen molar-refractivity contribution >= 4 is 35.2 Å². The summed E-state index contributed by atoms with van der Waals surface area (Å²) in [7, 11) is 1.71. The Balaban J connectivity index is 1.77. The summed E-state index contributed by atoms with van der Waals surface area (Å²) in [5, 5.41) is 0.966. The van der Waals surface area contributed by atoms with Gasteiger partial charge in [0.25, 0.3) is 0 Å². The molecule has 0 bridgehead atoms. The molecule has 1 N–H and O–H groups in total. The number of fused-ring (bicyclic) bond motifs is 4. The highest BCUT2D eigenvalue weighted by molar-refractivity contribution is 7.99. The lowest BCUT2D eigenvalue weighted by Crippen LogP contribution is -2.30. The van der Waals surface area contributed by atoms with Gasteiger partial charge < -0.3 is 14.6 Å². The number of thioether (sulfide) groups is 1. The Hall–Kier alpha value is -2.57. The van der Waals surface area contributed by atoms with Crippen LogP contribution < -0.4 is 4.74 Å². The maximum Gasteiger partial charge on any atom is 0.195 e. The molecular formula is C27H33N3O2S. The minimum absolute atomic E-state index is 0.0772. The molecule has 33 heavy (non-hydrogen) atoms. The third-order valence-corrected chi connectivity index (χ3v) is 7.81. The third-order valence-electron chi connectivity index (χ3n) is 6.79. The molecule has 0 fully saturated rings. The molecule has 0 spiro atoms. The fourth-order valence-electron chi connectivity index (χ4n) is 4.81. The summed E-state index contributed by atoms with van der Waals surface area (Å²) in [5.74, 6) is 1.86. The van der Waals surface area contributed by atoms with Crippen LogP contribution in [0.1, 0.15) is 60.4 Å². The first kappa shape index (κ1) is 23.6. The van der Waals surface area contributed by atoms with Crippen LogP contribution in [0.3, 0.4) is 0 Å². The second-order valence-electron chi connectivity index (χ2n) is 9.01. The zero-order chi connectivity index (χ0) is 23.8. The number of benzene rings is 2. The highest BCUT2D eigenvalue weighted by Crippen LogP contribution is 2.46. The number of H-pyrrole nitrogens is 1. The van der Waals surface area contributed by atoms with Gasteiger partial charge in [-0.25, -0.2) is 0 Å². The zero-order valence-electron chi connectivity index (χ0n) is 20.2. The predicted molar refractivity (Wildman–Crippen MR) is 139 cm³/mol. The summed E-state index contributed by atoms with van der Waals surface area (Å²) in [6.07, 6.45) is 0. The first-order valence-corrected chi connectivity index (χ1v) is 12.5. The summed E-state index contributed by atoms with van der Waals surface area (Å²) >= 11 is 1.76. The number of methoxy groups -OCH3 is 1. The molecule has 5 nitrogen and oxygen atoms in total. The van der Waals surface area contributed by atoms with Crippen molar-refractivity contribution in [1.29, 1.82) is 0 Å². The van der Waals surface area contributed by atoms with E-state index in [1.807, 2.05) is 18.2 Å². The molecule has 1 heterocycles. The zero-order valence-corrected chi connectivity index (χ0v) is 21.1. The number of ether oxygens (including phenoxy) is 1. The third kappa shape index (κ3) is 4.11. The number of aliphatic imine (C=N–C) groups is 1. The van der Waals surface area contributed by atoms with E-state index in [0.29, 0.717) is 6.54 Å². The highest BCUT2D eigenvalue weighted by atomic mass is 32.2. The lowest BCUT2D eigenvalue weighted by molar-refractivity contribution is 0.103. The van der Waals surface area contributed by atoms with Gasteiger partial charge >= 0.3 is 0 Å². The van der Waals surface area contributed by atoms with Crippen molar-refractivity contribution in [3.05, 3.63) is 58.3 Å². The number of nitrogens with one attached hydrogen (secondary N) is 1. The van der Waals surface area contributed by atoms with Gasteiger partial charge in [-0.1, -0.05) is 39.8 Å². The number of aromatic nitrogens is 1. The van der Waals surface area contributed by atoms with Crippen LogP contribution >= 0.6 is 11.8 Å². The molecule has 0 radical (unpaired) electrons. The summed E-state index contributed by atoms with van der Waals surface area (Å²) < 4.78 is 5.77. The maximum atomic E-state index is 13.8. The molecule has 1 aromatic heterocycles. The normalized spacial score (nSPS) is 14.4. The van der Waals surface area contributed by atoms with Crippen LogP contribution in [0.15, 0.2) is 40.2 Å². The van der Waals surface area contributed by atoms with Crippen molar-refractivity contribution in [3.8, 4) is 5.75 Å². The minimum atomic E-state index is -0.355. The Morgan fingerprint density at radius 1 is 1.18 bits per heavy atom. The largest absolute Gasteiger partial charge is 0.496 e. The molecule has 1 aliphatic rings. The van der Waals surface area contributed by atoms with Crippen LogP contribution in [0.25, 0.3) is 10.9 Å². The van der Waals surface area contributed by atoms with E-state index in [0.717, 1.165) is 74.9 Å². The van der Waals surface area contributed by atoms with Crippen molar-refractivity contribution in [2.24, 2.45) is 4.99 Å². The van der Waals surface area contributed by atoms with Crippen molar-refractivity contribution in [2.45, 2.75) is 44.6 Å². The van der Waals surface area contributed by atoms with Gasteiger partial charge in [-0.3, -0.25) is 9.79 Å². The van der Waals surface area contributed by atoms with E-state index in [2.05, 4.69) is 61.4 Å². The van der Waals surface area contributed by atoms with Crippen molar-refractivity contribution in [1.82, 2.24) is 9.88 Å². The van der Waals surface area contributed by atoms with Crippen LogP contribution in [0, 0.1) is 0 Å². The molecule has 6 heteroatoms. The van der Waals surface area contributed by atoms with Crippen LogP contribution in [-0.2, 0) is 12.0 Å². The molecule has 0 unspecified atom stereocenters. The van der Waals surface area contributed by atoms with Gasteiger partial charge in [0.2, 0.25) is 0 Å². The van der Waals surface area contributed by atoms with Gasteiger partial charge in [0.1, 0.15) is 5.75 Å². The Morgan fingerprint density at radius 3 is 2.61 bits per heavy atom. The van der Waals surface area contributed by atoms with E-state index in [1.54, 1.807) is 18.9 Å². The number of rotatable bonds is 9. The maximum absolute atomic E-state index is 13.8. The average Bonchev–Trinajstić information content (AvgIpc) is 3.20. The number of carbonyl (C=O) groups excluding carboxylic acids is 1. The summed E-state index contributed by atoms with van der Waals surface area (Å²) in [4.78, 5) is 24.8. The quantitative estimate of drug-likeness (QED) is 0.328. The van der Waals surface area contributed by atoms with Crippen molar-refractivity contribution < 1.29 is 9.53 Å². The number of hydrogen-bond donors (Lipinski definition) is 1. The molecule has 0 atom stereocenters. The molecule has 0 saturated carbocycles. The standard InChI is InChI=1S/C27H33N3O2S/c1-7-30(8-2)11-12-33-23-14-19-20(15-22(23)32-6)27(3,4)26-24(25(19)31)18-10-9-17(16-28-5)13-21(18)29-26/h9-10,13-15,29H,5,7-8,11-12,16H2,1-4,6H3. The van der Waals surface area contributed by atoms with Gasteiger partial charge in [-0.05, 0) is 49.1 Å². The number of carbonyl (C=O) groups is 1.